The Kier molecular flexibility index (Phi) is 8.07. The van der Waals surface area contributed by atoms with Gasteiger partial charge >= 0.3 is 0 Å². The molecular formula is C16H28N2O2. The maximum absolute atomic E-state index is 5.62. The Morgan fingerprint density at radius 3 is 2.35 bits per heavy atom. The van der Waals surface area contributed by atoms with Crippen LogP contribution < -0.4 is 20.1 Å². The third kappa shape index (κ3) is 6.26. The van der Waals surface area contributed by atoms with Crippen LogP contribution in [-0.2, 0) is 6.54 Å². The minimum Gasteiger partial charge on any atom is -0.490 e. The van der Waals surface area contributed by atoms with Crippen molar-refractivity contribution in [2.75, 3.05) is 26.3 Å². The van der Waals surface area contributed by atoms with Crippen LogP contribution in [0.25, 0.3) is 0 Å². The molecular weight excluding hydrogens is 252 g/mol. The molecule has 0 unspecified atom stereocenters. The van der Waals surface area contributed by atoms with Crippen molar-refractivity contribution in [1.29, 1.82) is 0 Å². The summed E-state index contributed by atoms with van der Waals surface area (Å²) in [7, 11) is 0. The third-order valence-electron chi connectivity index (χ3n) is 2.79. The van der Waals surface area contributed by atoms with Gasteiger partial charge in [-0.2, -0.15) is 0 Å². The summed E-state index contributed by atoms with van der Waals surface area (Å²) in [5.74, 6) is 1.65. The van der Waals surface area contributed by atoms with Gasteiger partial charge in [-0.3, -0.25) is 0 Å². The van der Waals surface area contributed by atoms with Crippen LogP contribution >= 0.6 is 0 Å². The summed E-state index contributed by atoms with van der Waals surface area (Å²) < 4.78 is 11.2. The van der Waals surface area contributed by atoms with Gasteiger partial charge in [-0.05, 0) is 31.5 Å². The van der Waals surface area contributed by atoms with Crippen molar-refractivity contribution in [3.63, 3.8) is 0 Å². The smallest absolute Gasteiger partial charge is 0.161 e. The monoisotopic (exact) mass is 280 g/mol. The van der Waals surface area contributed by atoms with E-state index in [1.807, 2.05) is 19.9 Å². The average Bonchev–Trinajstić information content (AvgIpc) is 2.41. The molecule has 0 bridgehead atoms. The molecule has 0 saturated heterocycles. The molecule has 0 spiro atoms. The molecule has 0 heterocycles. The van der Waals surface area contributed by atoms with Crippen LogP contribution in [0.4, 0.5) is 0 Å². The fourth-order valence-corrected chi connectivity index (χ4v) is 1.89. The van der Waals surface area contributed by atoms with Crippen molar-refractivity contribution in [2.24, 2.45) is 0 Å². The number of nitrogens with one attached hydrogen (secondary N) is 2. The van der Waals surface area contributed by atoms with E-state index in [1.165, 1.54) is 5.56 Å². The van der Waals surface area contributed by atoms with Crippen LogP contribution in [0.5, 0.6) is 11.5 Å². The molecule has 4 nitrogen and oxygen atoms in total. The highest BCUT2D eigenvalue weighted by atomic mass is 16.5. The molecule has 0 atom stereocenters. The predicted molar refractivity (Wildman–Crippen MR) is 83.6 cm³/mol. The zero-order valence-electron chi connectivity index (χ0n) is 13.2. The van der Waals surface area contributed by atoms with Gasteiger partial charge in [0.25, 0.3) is 0 Å². The molecule has 0 aliphatic heterocycles. The number of benzene rings is 1. The molecule has 114 valence electrons. The van der Waals surface area contributed by atoms with Gasteiger partial charge in [0.15, 0.2) is 11.5 Å². The van der Waals surface area contributed by atoms with E-state index in [0.717, 1.165) is 31.1 Å². The van der Waals surface area contributed by atoms with Gasteiger partial charge in [-0.15, -0.1) is 0 Å². The van der Waals surface area contributed by atoms with Gasteiger partial charge < -0.3 is 20.1 Å². The predicted octanol–water partition coefficient (Wildman–Crippen LogP) is 2.57. The molecule has 20 heavy (non-hydrogen) atoms. The van der Waals surface area contributed by atoms with Gasteiger partial charge in [0, 0.05) is 25.7 Å². The fourth-order valence-electron chi connectivity index (χ4n) is 1.89. The zero-order valence-corrected chi connectivity index (χ0v) is 13.2. The van der Waals surface area contributed by atoms with Crippen LogP contribution in [0.1, 0.15) is 33.3 Å². The summed E-state index contributed by atoms with van der Waals surface area (Å²) in [6.45, 7) is 12.3. The van der Waals surface area contributed by atoms with Crippen LogP contribution in [-0.4, -0.2) is 32.3 Å². The zero-order chi connectivity index (χ0) is 14.8. The average molecular weight is 280 g/mol. The summed E-state index contributed by atoms with van der Waals surface area (Å²) >= 11 is 0. The fraction of sp³-hybridized carbons (Fsp3) is 0.625. The number of ether oxygens (including phenoxy) is 2. The minimum absolute atomic E-state index is 0.534. The first-order valence-electron chi connectivity index (χ1n) is 7.50. The first-order chi connectivity index (χ1) is 9.67. The van der Waals surface area contributed by atoms with E-state index in [-0.39, 0.29) is 0 Å². The first-order valence-corrected chi connectivity index (χ1v) is 7.50. The summed E-state index contributed by atoms with van der Waals surface area (Å²) in [6.07, 6.45) is 0. The van der Waals surface area contributed by atoms with E-state index in [1.54, 1.807) is 0 Å². The molecule has 0 aromatic heterocycles. The van der Waals surface area contributed by atoms with Crippen molar-refractivity contribution in [2.45, 2.75) is 40.3 Å². The quantitative estimate of drug-likeness (QED) is 0.646. The summed E-state index contributed by atoms with van der Waals surface area (Å²) in [4.78, 5) is 0. The lowest BCUT2D eigenvalue weighted by Gasteiger charge is -2.13. The Labute approximate surface area is 122 Å². The Balaban J connectivity index is 2.47. The highest BCUT2D eigenvalue weighted by Crippen LogP contribution is 2.28. The minimum atomic E-state index is 0.534. The van der Waals surface area contributed by atoms with Gasteiger partial charge in [0.05, 0.1) is 13.2 Å². The normalized spacial score (nSPS) is 10.8. The van der Waals surface area contributed by atoms with E-state index in [9.17, 15) is 0 Å². The van der Waals surface area contributed by atoms with Crippen molar-refractivity contribution in [3.05, 3.63) is 23.8 Å². The Bertz CT molecular complexity index is 381. The summed E-state index contributed by atoms with van der Waals surface area (Å²) in [5.41, 5.74) is 1.21. The second-order valence-electron chi connectivity index (χ2n) is 4.93. The van der Waals surface area contributed by atoms with Crippen molar-refractivity contribution < 1.29 is 9.47 Å². The second-order valence-corrected chi connectivity index (χ2v) is 4.93. The summed E-state index contributed by atoms with van der Waals surface area (Å²) in [5, 5.41) is 6.80. The van der Waals surface area contributed by atoms with Crippen molar-refractivity contribution in [1.82, 2.24) is 10.6 Å². The van der Waals surface area contributed by atoms with E-state index in [2.05, 4.69) is 36.6 Å². The lowest BCUT2D eigenvalue weighted by atomic mass is 10.2. The third-order valence-corrected chi connectivity index (χ3v) is 2.79. The van der Waals surface area contributed by atoms with Gasteiger partial charge in [0.1, 0.15) is 0 Å². The number of rotatable bonds is 10. The largest absolute Gasteiger partial charge is 0.490 e. The molecule has 0 radical (unpaired) electrons. The van der Waals surface area contributed by atoms with E-state index in [0.29, 0.717) is 19.3 Å². The molecule has 1 aromatic carbocycles. The Morgan fingerprint density at radius 2 is 1.70 bits per heavy atom. The number of hydrogen-bond acceptors (Lipinski definition) is 4. The molecule has 2 N–H and O–H groups in total. The lowest BCUT2D eigenvalue weighted by Crippen LogP contribution is -2.31. The maximum atomic E-state index is 5.62. The molecule has 1 rings (SSSR count). The molecule has 0 aliphatic rings. The van der Waals surface area contributed by atoms with Gasteiger partial charge in [-0.25, -0.2) is 0 Å². The molecule has 0 saturated carbocycles. The van der Waals surface area contributed by atoms with Crippen molar-refractivity contribution >= 4 is 0 Å². The van der Waals surface area contributed by atoms with E-state index in [4.69, 9.17) is 9.47 Å². The van der Waals surface area contributed by atoms with Crippen LogP contribution in [0.15, 0.2) is 18.2 Å². The topological polar surface area (TPSA) is 42.5 Å². The number of hydrogen-bond donors (Lipinski definition) is 2. The van der Waals surface area contributed by atoms with Crippen LogP contribution in [0, 0.1) is 0 Å². The van der Waals surface area contributed by atoms with Gasteiger partial charge in [0.2, 0.25) is 0 Å². The van der Waals surface area contributed by atoms with E-state index < -0.39 is 0 Å². The standard InChI is InChI=1S/C16H28N2O2/c1-5-19-15-8-7-14(11-16(15)20-6-2)12-17-9-10-18-13(3)4/h7-8,11,13,17-18H,5-6,9-10,12H2,1-4H3. The highest BCUT2D eigenvalue weighted by Gasteiger charge is 2.05. The SMILES string of the molecule is CCOc1ccc(CNCCNC(C)C)cc1OCC. The van der Waals surface area contributed by atoms with Gasteiger partial charge in [-0.1, -0.05) is 19.9 Å². The molecule has 0 amide bonds. The Morgan fingerprint density at radius 1 is 1.00 bits per heavy atom. The Hall–Kier alpha value is -1.26. The lowest BCUT2D eigenvalue weighted by molar-refractivity contribution is 0.287. The van der Waals surface area contributed by atoms with Crippen LogP contribution in [0.3, 0.4) is 0 Å². The second kappa shape index (κ2) is 9.61. The molecule has 0 fully saturated rings. The van der Waals surface area contributed by atoms with Crippen LogP contribution in [0.2, 0.25) is 0 Å². The van der Waals surface area contributed by atoms with E-state index >= 15 is 0 Å². The molecule has 0 aliphatic carbocycles. The highest BCUT2D eigenvalue weighted by molar-refractivity contribution is 5.43. The first kappa shape index (κ1) is 16.8. The molecule has 4 heteroatoms. The molecule has 1 aromatic rings. The van der Waals surface area contributed by atoms with Crippen molar-refractivity contribution in [3.8, 4) is 11.5 Å². The summed E-state index contributed by atoms with van der Waals surface area (Å²) in [6, 6.07) is 6.65. The maximum Gasteiger partial charge on any atom is 0.161 e.